The standard InChI is InChI=1S/C23H24F4N2O2S/c1-2-29(21(23(25,26)27)16-3-6-19(24)7-4-16)32-20-8-5-15-9-10-28(12-17(15)11-20)22(30)18-13-31-14-18/h3-8,11,18,21H,2,9-10,12-14H2,1H3. The average Bonchev–Trinajstić information content (AvgIpc) is 2.72. The Labute approximate surface area is 188 Å². The minimum Gasteiger partial charge on any atom is -0.380 e. The van der Waals surface area contributed by atoms with E-state index in [0.29, 0.717) is 31.2 Å². The zero-order chi connectivity index (χ0) is 22.9. The molecule has 2 aliphatic rings. The maximum Gasteiger partial charge on any atom is 0.408 e. The minimum absolute atomic E-state index is 0.00861. The second kappa shape index (κ2) is 9.41. The molecule has 1 saturated heterocycles. The molecule has 0 aromatic heterocycles. The molecule has 0 N–H and O–H groups in total. The molecule has 0 aliphatic carbocycles. The van der Waals surface area contributed by atoms with E-state index in [-0.39, 0.29) is 23.9 Å². The fourth-order valence-electron chi connectivity index (χ4n) is 4.01. The van der Waals surface area contributed by atoms with Gasteiger partial charge < -0.3 is 9.64 Å². The van der Waals surface area contributed by atoms with Crippen LogP contribution in [0.25, 0.3) is 0 Å². The first-order valence-electron chi connectivity index (χ1n) is 10.5. The van der Waals surface area contributed by atoms with E-state index in [4.69, 9.17) is 4.74 Å². The van der Waals surface area contributed by atoms with Crippen LogP contribution in [-0.4, -0.2) is 47.6 Å². The predicted molar refractivity (Wildman–Crippen MR) is 113 cm³/mol. The molecule has 2 aromatic rings. The van der Waals surface area contributed by atoms with Crippen molar-refractivity contribution in [3.05, 3.63) is 65.0 Å². The van der Waals surface area contributed by atoms with Gasteiger partial charge in [0.2, 0.25) is 5.91 Å². The van der Waals surface area contributed by atoms with Gasteiger partial charge in [0.25, 0.3) is 0 Å². The third kappa shape index (κ3) is 4.94. The van der Waals surface area contributed by atoms with Gasteiger partial charge in [-0.3, -0.25) is 4.79 Å². The van der Waals surface area contributed by atoms with Gasteiger partial charge in [-0.15, -0.1) is 0 Å². The highest BCUT2D eigenvalue weighted by Gasteiger charge is 2.45. The Morgan fingerprint density at radius 1 is 1.19 bits per heavy atom. The van der Waals surface area contributed by atoms with Crippen molar-refractivity contribution in [1.29, 1.82) is 0 Å². The summed E-state index contributed by atoms with van der Waals surface area (Å²) >= 11 is 1.02. The number of carbonyl (C=O) groups excluding carboxylic acids is 1. The van der Waals surface area contributed by atoms with Crippen molar-refractivity contribution >= 4 is 17.9 Å². The molecule has 0 bridgehead atoms. The number of carbonyl (C=O) groups is 1. The summed E-state index contributed by atoms with van der Waals surface area (Å²) in [7, 11) is 0. The highest BCUT2D eigenvalue weighted by molar-refractivity contribution is 7.97. The molecule has 2 aromatic carbocycles. The normalized spacial score (nSPS) is 17.8. The van der Waals surface area contributed by atoms with Gasteiger partial charge in [0.15, 0.2) is 0 Å². The Hall–Kier alpha value is -2.10. The van der Waals surface area contributed by atoms with Gasteiger partial charge in [-0.2, -0.15) is 13.2 Å². The van der Waals surface area contributed by atoms with Crippen LogP contribution in [0.3, 0.4) is 0 Å². The third-order valence-electron chi connectivity index (χ3n) is 5.81. The SMILES string of the molecule is CCN(Sc1ccc2c(c1)CN(C(=O)C1COC1)CC2)C(c1ccc(F)cc1)C(F)(F)F. The molecular weight excluding hydrogens is 444 g/mol. The summed E-state index contributed by atoms with van der Waals surface area (Å²) in [4.78, 5) is 15.0. The van der Waals surface area contributed by atoms with Crippen molar-refractivity contribution in [3.8, 4) is 0 Å². The molecule has 0 radical (unpaired) electrons. The Kier molecular flexibility index (Phi) is 6.78. The number of fused-ring (bicyclic) bond motifs is 1. The van der Waals surface area contributed by atoms with Crippen LogP contribution < -0.4 is 0 Å². The summed E-state index contributed by atoms with van der Waals surface area (Å²) < 4.78 is 61.6. The van der Waals surface area contributed by atoms with Gasteiger partial charge in [-0.1, -0.05) is 25.1 Å². The summed E-state index contributed by atoms with van der Waals surface area (Å²) in [5, 5.41) is 0. The van der Waals surface area contributed by atoms with E-state index in [2.05, 4.69) is 0 Å². The molecule has 1 fully saturated rings. The molecule has 4 nitrogen and oxygen atoms in total. The largest absolute Gasteiger partial charge is 0.408 e. The number of alkyl halides is 3. The fraction of sp³-hybridized carbons (Fsp3) is 0.435. The van der Waals surface area contributed by atoms with Crippen molar-refractivity contribution in [3.63, 3.8) is 0 Å². The van der Waals surface area contributed by atoms with E-state index in [0.717, 1.165) is 41.6 Å². The maximum absolute atomic E-state index is 14.0. The number of amides is 1. The zero-order valence-electron chi connectivity index (χ0n) is 17.6. The predicted octanol–water partition coefficient (Wildman–Crippen LogP) is 4.99. The molecule has 4 rings (SSSR count). The summed E-state index contributed by atoms with van der Waals surface area (Å²) in [6, 6.07) is 8.20. The van der Waals surface area contributed by atoms with Crippen LogP contribution >= 0.6 is 11.9 Å². The minimum atomic E-state index is -4.52. The maximum atomic E-state index is 14.0. The first-order valence-corrected chi connectivity index (χ1v) is 11.3. The third-order valence-corrected chi connectivity index (χ3v) is 6.98. The van der Waals surface area contributed by atoms with Gasteiger partial charge in [-0.25, -0.2) is 8.70 Å². The second-order valence-electron chi connectivity index (χ2n) is 7.99. The summed E-state index contributed by atoms with van der Waals surface area (Å²) in [6.07, 6.45) is -3.80. The van der Waals surface area contributed by atoms with E-state index in [1.54, 1.807) is 11.8 Å². The summed E-state index contributed by atoms with van der Waals surface area (Å²) in [5.74, 6) is -0.593. The number of rotatable bonds is 6. The number of nitrogens with zero attached hydrogens (tertiary/aromatic N) is 2. The van der Waals surface area contributed by atoms with Crippen LogP contribution in [0.1, 0.15) is 29.7 Å². The highest BCUT2D eigenvalue weighted by Crippen LogP contribution is 2.43. The highest BCUT2D eigenvalue weighted by atomic mass is 32.2. The summed E-state index contributed by atoms with van der Waals surface area (Å²) in [5.41, 5.74) is 2.05. The number of halogens is 4. The van der Waals surface area contributed by atoms with Gasteiger partial charge >= 0.3 is 6.18 Å². The van der Waals surface area contributed by atoms with Crippen molar-refractivity contribution in [2.24, 2.45) is 5.92 Å². The topological polar surface area (TPSA) is 32.8 Å². The Bertz CT molecular complexity index is 963. The first kappa shape index (κ1) is 23.1. The Balaban J connectivity index is 1.54. The molecule has 1 unspecified atom stereocenters. The van der Waals surface area contributed by atoms with Gasteiger partial charge in [0.05, 0.1) is 19.1 Å². The van der Waals surface area contributed by atoms with Gasteiger partial charge in [0.1, 0.15) is 11.9 Å². The number of hydrogen-bond donors (Lipinski definition) is 0. The molecule has 172 valence electrons. The molecule has 32 heavy (non-hydrogen) atoms. The van der Waals surface area contributed by atoms with Crippen molar-refractivity contribution < 1.29 is 27.1 Å². The molecule has 1 atom stereocenters. The quantitative estimate of drug-likeness (QED) is 0.442. The van der Waals surface area contributed by atoms with E-state index in [1.807, 2.05) is 18.2 Å². The Morgan fingerprint density at radius 3 is 2.50 bits per heavy atom. The molecular formula is C23H24F4N2O2S. The number of hydrogen-bond acceptors (Lipinski definition) is 4. The van der Waals surface area contributed by atoms with E-state index in [9.17, 15) is 22.4 Å². The van der Waals surface area contributed by atoms with Crippen LogP contribution in [0.2, 0.25) is 0 Å². The molecule has 0 spiro atoms. The molecule has 2 aliphatic heterocycles. The van der Waals surface area contributed by atoms with Crippen LogP contribution in [0.15, 0.2) is 47.4 Å². The van der Waals surface area contributed by atoms with E-state index < -0.39 is 18.0 Å². The van der Waals surface area contributed by atoms with Crippen LogP contribution in [0, 0.1) is 11.7 Å². The first-order chi connectivity index (χ1) is 15.3. The lowest BCUT2D eigenvalue weighted by Crippen LogP contribution is -2.46. The molecule has 0 saturated carbocycles. The molecule has 2 heterocycles. The van der Waals surface area contributed by atoms with Gasteiger partial charge in [0, 0.05) is 24.5 Å². The molecule has 1 amide bonds. The van der Waals surface area contributed by atoms with Crippen LogP contribution in [0.4, 0.5) is 17.6 Å². The second-order valence-corrected chi connectivity index (χ2v) is 9.12. The molecule has 9 heteroatoms. The van der Waals surface area contributed by atoms with Crippen LogP contribution in [0.5, 0.6) is 0 Å². The Morgan fingerprint density at radius 2 is 1.91 bits per heavy atom. The van der Waals surface area contributed by atoms with E-state index in [1.165, 1.54) is 16.4 Å². The summed E-state index contributed by atoms with van der Waals surface area (Å²) in [6.45, 7) is 3.78. The zero-order valence-corrected chi connectivity index (χ0v) is 18.4. The number of ether oxygens (including phenoxy) is 1. The average molecular weight is 469 g/mol. The lowest BCUT2D eigenvalue weighted by atomic mass is 9.98. The lowest BCUT2D eigenvalue weighted by molar-refractivity contribution is -0.172. The van der Waals surface area contributed by atoms with Crippen molar-refractivity contribution in [2.75, 3.05) is 26.3 Å². The fourth-order valence-corrected chi connectivity index (χ4v) is 5.08. The van der Waals surface area contributed by atoms with Gasteiger partial charge in [-0.05, 0) is 59.3 Å². The number of benzene rings is 2. The smallest absolute Gasteiger partial charge is 0.380 e. The van der Waals surface area contributed by atoms with E-state index >= 15 is 0 Å². The monoisotopic (exact) mass is 468 g/mol. The lowest BCUT2D eigenvalue weighted by Gasteiger charge is -2.35. The van der Waals surface area contributed by atoms with Crippen LogP contribution in [-0.2, 0) is 22.5 Å². The van der Waals surface area contributed by atoms with Crippen molar-refractivity contribution in [1.82, 2.24) is 9.21 Å². The van der Waals surface area contributed by atoms with Crippen molar-refractivity contribution in [2.45, 2.75) is 37.0 Å².